The van der Waals surface area contributed by atoms with Crippen LogP contribution in [0.1, 0.15) is 0 Å². The van der Waals surface area contributed by atoms with Crippen molar-refractivity contribution in [3.05, 3.63) is 6.42 Å². The van der Waals surface area contributed by atoms with E-state index in [0.29, 0.717) is 0 Å². The van der Waals surface area contributed by atoms with Crippen molar-refractivity contribution in [1.29, 1.82) is 0 Å². The molecule has 1 saturated carbocycles. The summed E-state index contributed by atoms with van der Waals surface area (Å²) in [7, 11) is 0. The molecule has 0 saturated heterocycles. The van der Waals surface area contributed by atoms with Gasteiger partial charge in [-0.15, -0.1) is 0 Å². The second-order valence-corrected chi connectivity index (χ2v) is 2.24. The normalized spacial score (nSPS) is 40.9. The van der Waals surface area contributed by atoms with Gasteiger partial charge in [-0.25, -0.2) is 8.78 Å². The van der Waals surface area contributed by atoms with Gasteiger partial charge in [-0.05, 0) is 0 Å². The summed E-state index contributed by atoms with van der Waals surface area (Å²) in [5.41, 5.74) is 0. The van der Waals surface area contributed by atoms with Crippen LogP contribution in [0.2, 0.25) is 0 Å². The third-order valence-electron chi connectivity index (χ3n) is 1.48. The van der Waals surface area contributed by atoms with Crippen LogP contribution in [0.15, 0.2) is 0 Å². The van der Waals surface area contributed by atoms with Gasteiger partial charge in [-0.1, -0.05) is 0 Å². The SMILES string of the molecule is FC1[CH]C(F)C(F)(F)C1(F)F. The molecule has 6 heteroatoms. The molecule has 2 atom stereocenters. The molecule has 0 N–H and O–H groups in total. The molecule has 0 aromatic heterocycles. The van der Waals surface area contributed by atoms with Crippen LogP contribution in [-0.4, -0.2) is 24.2 Å². The van der Waals surface area contributed by atoms with Crippen LogP contribution >= 0.6 is 0 Å². The van der Waals surface area contributed by atoms with E-state index in [1.54, 1.807) is 0 Å². The quantitative estimate of drug-likeness (QED) is 0.497. The van der Waals surface area contributed by atoms with Crippen molar-refractivity contribution in [2.75, 3.05) is 0 Å². The van der Waals surface area contributed by atoms with Crippen molar-refractivity contribution < 1.29 is 26.3 Å². The number of hydrogen-bond acceptors (Lipinski definition) is 0. The topological polar surface area (TPSA) is 0 Å². The van der Waals surface area contributed by atoms with Crippen molar-refractivity contribution in [2.24, 2.45) is 0 Å². The Hall–Kier alpha value is -0.420. The van der Waals surface area contributed by atoms with E-state index >= 15 is 0 Å². The average Bonchev–Trinajstić information content (AvgIpc) is 1.95. The fraction of sp³-hybridized carbons (Fsp3) is 0.800. The van der Waals surface area contributed by atoms with Gasteiger partial charge in [0.15, 0.2) is 12.3 Å². The molecular formula is C5H3F6. The minimum absolute atomic E-state index is 0.333. The summed E-state index contributed by atoms with van der Waals surface area (Å²) in [5, 5.41) is 0. The van der Waals surface area contributed by atoms with Crippen LogP contribution in [0.3, 0.4) is 0 Å². The van der Waals surface area contributed by atoms with E-state index in [4.69, 9.17) is 0 Å². The van der Waals surface area contributed by atoms with Crippen molar-refractivity contribution in [2.45, 2.75) is 24.2 Å². The van der Waals surface area contributed by atoms with Crippen LogP contribution in [0.5, 0.6) is 0 Å². The van der Waals surface area contributed by atoms with E-state index < -0.39 is 24.2 Å². The molecule has 1 aliphatic carbocycles. The van der Waals surface area contributed by atoms with Crippen LogP contribution in [-0.2, 0) is 0 Å². The van der Waals surface area contributed by atoms with Crippen molar-refractivity contribution in [3.63, 3.8) is 0 Å². The Balaban J connectivity index is 2.95. The number of halogens is 6. The molecule has 0 aromatic carbocycles. The van der Waals surface area contributed by atoms with E-state index in [9.17, 15) is 26.3 Å². The fourth-order valence-corrected chi connectivity index (χ4v) is 0.758. The predicted octanol–water partition coefficient (Wildman–Crippen LogP) is 2.15. The molecule has 1 rings (SSSR count). The van der Waals surface area contributed by atoms with Gasteiger partial charge in [0.05, 0.1) is 0 Å². The fourth-order valence-electron chi connectivity index (χ4n) is 0.758. The van der Waals surface area contributed by atoms with Gasteiger partial charge >= 0.3 is 11.8 Å². The Bertz CT molecular complexity index is 146. The third-order valence-corrected chi connectivity index (χ3v) is 1.48. The van der Waals surface area contributed by atoms with E-state index in [-0.39, 0.29) is 6.42 Å². The summed E-state index contributed by atoms with van der Waals surface area (Å²) in [6.45, 7) is 0. The molecule has 1 aliphatic rings. The minimum Gasteiger partial charge on any atom is -0.240 e. The minimum atomic E-state index is -4.91. The molecule has 11 heavy (non-hydrogen) atoms. The Morgan fingerprint density at radius 3 is 1.18 bits per heavy atom. The first kappa shape index (κ1) is 8.67. The maximum absolute atomic E-state index is 12.0. The molecule has 2 unspecified atom stereocenters. The molecular weight excluding hydrogens is 174 g/mol. The molecule has 0 spiro atoms. The van der Waals surface area contributed by atoms with E-state index in [1.165, 1.54) is 0 Å². The molecule has 0 bridgehead atoms. The zero-order chi connectivity index (χ0) is 8.86. The number of rotatable bonds is 0. The molecule has 0 aliphatic heterocycles. The zero-order valence-corrected chi connectivity index (χ0v) is 5.00. The van der Waals surface area contributed by atoms with Gasteiger partial charge in [-0.3, -0.25) is 0 Å². The summed E-state index contributed by atoms with van der Waals surface area (Å²) >= 11 is 0. The van der Waals surface area contributed by atoms with E-state index in [2.05, 4.69) is 0 Å². The maximum Gasteiger partial charge on any atom is 0.344 e. The Morgan fingerprint density at radius 1 is 0.818 bits per heavy atom. The standard InChI is InChI=1S/C5H3F6/c6-2-1-3(7)5(10,11)4(2,8)9/h1-3H. The summed E-state index contributed by atoms with van der Waals surface area (Å²) < 4.78 is 71.7. The largest absolute Gasteiger partial charge is 0.344 e. The lowest BCUT2D eigenvalue weighted by molar-refractivity contribution is -0.223. The van der Waals surface area contributed by atoms with Gasteiger partial charge in [-0.2, -0.15) is 17.6 Å². The Labute approximate surface area is 58.2 Å². The van der Waals surface area contributed by atoms with Crippen LogP contribution in [0, 0.1) is 6.42 Å². The zero-order valence-electron chi connectivity index (χ0n) is 5.00. The van der Waals surface area contributed by atoms with Crippen molar-refractivity contribution >= 4 is 0 Å². The van der Waals surface area contributed by atoms with Gasteiger partial charge in [0.25, 0.3) is 0 Å². The molecule has 0 nitrogen and oxygen atoms in total. The monoisotopic (exact) mass is 177 g/mol. The molecule has 65 valence electrons. The van der Waals surface area contributed by atoms with Crippen LogP contribution < -0.4 is 0 Å². The lowest BCUT2D eigenvalue weighted by atomic mass is 10.2. The molecule has 0 heterocycles. The lowest BCUT2D eigenvalue weighted by Crippen LogP contribution is -2.44. The highest BCUT2D eigenvalue weighted by atomic mass is 19.3. The van der Waals surface area contributed by atoms with Crippen LogP contribution in [0.25, 0.3) is 0 Å². The lowest BCUT2D eigenvalue weighted by Gasteiger charge is -2.19. The maximum atomic E-state index is 12.0. The van der Waals surface area contributed by atoms with E-state index in [0.717, 1.165) is 0 Å². The Morgan fingerprint density at radius 2 is 1.09 bits per heavy atom. The highest BCUT2D eigenvalue weighted by Crippen LogP contribution is 2.49. The molecule has 0 aromatic rings. The smallest absolute Gasteiger partial charge is 0.240 e. The summed E-state index contributed by atoms with van der Waals surface area (Å²) in [6, 6.07) is 0. The Kier molecular flexibility index (Phi) is 1.61. The van der Waals surface area contributed by atoms with Crippen molar-refractivity contribution in [3.8, 4) is 0 Å². The summed E-state index contributed by atoms with van der Waals surface area (Å²) in [5.74, 6) is -9.82. The first-order valence-electron chi connectivity index (χ1n) is 2.69. The highest BCUT2D eigenvalue weighted by Gasteiger charge is 2.72. The predicted molar refractivity (Wildman–Crippen MR) is 24.0 cm³/mol. The number of alkyl halides is 6. The molecule has 0 amide bonds. The summed E-state index contributed by atoms with van der Waals surface area (Å²) in [6.07, 6.45) is -6.74. The van der Waals surface area contributed by atoms with Gasteiger partial charge in [0.1, 0.15) is 0 Å². The average molecular weight is 177 g/mol. The number of hydrogen-bond donors (Lipinski definition) is 0. The van der Waals surface area contributed by atoms with Gasteiger partial charge < -0.3 is 0 Å². The highest BCUT2D eigenvalue weighted by molar-refractivity contribution is 5.14. The van der Waals surface area contributed by atoms with Gasteiger partial charge in [0, 0.05) is 6.42 Å². The van der Waals surface area contributed by atoms with Gasteiger partial charge in [0.2, 0.25) is 0 Å². The molecule has 1 fully saturated rings. The van der Waals surface area contributed by atoms with E-state index in [1.807, 2.05) is 0 Å². The van der Waals surface area contributed by atoms with Crippen molar-refractivity contribution in [1.82, 2.24) is 0 Å². The third kappa shape index (κ3) is 0.911. The summed E-state index contributed by atoms with van der Waals surface area (Å²) in [4.78, 5) is 0. The second kappa shape index (κ2) is 2.04. The molecule has 1 radical (unpaired) electrons. The second-order valence-electron chi connectivity index (χ2n) is 2.24. The first-order chi connectivity index (χ1) is 4.80. The first-order valence-corrected chi connectivity index (χ1v) is 2.69. The van der Waals surface area contributed by atoms with Crippen LogP contribution in [0.4, 0.5) is 26.3 Å².